The zero-order chi connectivity index (χ0) is 17.3. The molecule has 0 saturated carbocycles. The molecule has 0 bridgehead atoms. The van der Waals surface area contributed by atoms with E-state index in [9.17, 15) is 18.0 Å². The van der Waals surface area contributed by atoms with Gasteiger partial charge < -0.3 is 4.90 Å². The lowest BCUT2D eigenvalue weighted by Crippen LogP contribution is -2.48. The van der Waals surface area contributed by atoms with Crippen LogP contribution >= 0.6 is 0 Å². The number of carbonyl (C=O) groups is 1. The van der Waals surface area contributed by atoms with Crippen LogP contribution in [0.2, 0.25) is 0 Å². The Labute approximate surface area is 139 Å². The topological polar surface area (TPSA) is 36.4 Å². The van der Waals surface area contributed by atoms with Gasteiger partial charge in [-0.25, -0.2) is 0 Å². The summed E-state index contributed by atoms with van der Waals surface area (Å²) in [6.45, 7) is 4.30. The molecule has 3 rings (SSSR count). The second-order valence-corrected chi connectivity index (χ2v) is 6.65. The maximum atomic E-state index is 13.0. The van der Waals surface area contributed by atoms with Gasteiger partial charge in [0.15, 0.2) is 5.69 Å². The number of hydrogen-bond acceptors (Lipinski definition) is 3. The van der Waals surface area contributed by atoms with Gasteiger partial charge in [-0.3, -0.25) is 14.7 Å². The molecule has 0 spiro atoms. The number of nitrogens with zero attached hydrogens (tertiary/aromatic N) is 3. The number of aromatic nitrogens is 1. The van der Waals surface area contributed by atoms with Gasteiger partial charge in [0.1, 0.15) is 0 Å². The summed E-state index contributed by atoms with van der Waals surface area (Å²) in [6, 6.07) is 3.59. The number of amides is 1. The van der Waals surface area contributed by atoms with E-state index in [-0.39, 0.29) is 5.56 Å². The second-order valence-electron chi connectivity index (χ2n) is 6.65. The summed E-state index contributed by atoms with van der Waals surface area (Å²) < 4.78 is 39.1. The summed E-state index contributed by atoms with van der Waals surface area (Å²) in [6.07, 6.45) is 0.486. The van der Waals surface area contributed by atoms with Gasteiger partial charge in [0, 0.05) is 31.4 Å². The van der Waals surface area contributed by atoms with Crippen molar-refractivity contribution in [1.82, 2.24) is 14.8 Å². The van der Waals surface area contributed by atoms with Crippen LogP contribution in [0.4, 0.5) is 13.2 Å². The van der Waals surface area contributed by atoms with E-state index in [2.05, 4.69) is 16.8 Å². The predicted octanol–water partition coefficient (Wildman–Crippen LogP) is 3.19. The second kappa shape index (κ2) is 6.70. The Bertz CT molecular complexity index is 597. The summed E-state index contributed by atoms with van der Waals surface area (Å²) in [5.41, 5.74) is -1.44. The summed E-state index contributed by atoms with van der Waals surface area (Å²) >= 11 is 0. The maximum absolute atomic E-state index is 13.0. The summed E-state index contributed by atoms with van der Waals surface area (Å²) in [7, 11) is 0. The van der Waals surface area contributed by atoms with Crippen molar-refractivity contribution >= 4 is 5.91 Å². The molecule has 1 amide bonds. The number of hydrogen-bond donors (Lipinski definition) is 0. The highest BCUT2D eigenvalue weighted by Gasteiger charge is 2.39. The number of likely N-dealkylation sites (tertiary alicyclic amines) is 2. The van der Waals surface area contributed by atoms with Crippen LogP contribution < -0.4 is 0 Å². The molecule has 3 heterocycles. The van der Waals surface area contributed by atoms with Gasteiger partial charge in [-0.05, 0) is 51.3 Å². The van der Waals surface area contributed by atoms with Crippen molar-refractivity contribution in [1.29, 1.82) is 0 Å². The highest BCUT2D eigenvalue weighted by atomic mass is 19.4. The highest BCUT2D eigenvalue weighted by molar-refractivity contribution is 5.95. The molecule has 24 heavy (non-hydrogen) atoms. The van der Waals surface area contributed by atoms with Crippen molar-refractivity contribution in [3.8, 4) is 0 Å². The third-order valence-electron chi connectivity index (χ3n) is 5.13. The molecule has 0 aliphatic carbocycles. The molecule has 7 heteroatoms. The first-order valence-electron chi connectivity index (χ1n) is 8.45. The van der Waals surface area contributed by atoms with Crippen LogP contribution in [0, 0.1) is 0 Å². The van der Waals surface area contributed by atoms with Gasteiger partial charge in [0.25, 0.3) is 5.91 Å². The summed E-state index contributed by atoms with van der Waals surface area (Å²) in [5.74, 6) is -0.566. The molecule has 2 saturated heterocycles. The van der Waals surface area contributed by atoms with Crippen molar-refractivity contribution in [2.45, 2.75) is 50.9 Å². The quantitative estimate of drug-likeness (QED) is 0.829. The molecule has 1 aromatic heterocycles. The van der Waals surface area contributed by atoms with E-state index in [1.165, 1.54) is 29.9 Å². The van der Waals surface area contributed by atoms with E-state index >= 15 is 0 Å². The van der Waals surface area contributed by atoms with Gasteiger partial charge in [-0.15, -0.1) is 0 Å². The van der Waals surface area contributed by atoms with E-state index in [4.69, 9.17) is 0 Å². The van der Waals surface area contributed by atoms with Crippen molar-refractivity contribution in [2.24, 2.45) is 0 Å². The number of rotatable bonds is 2. The fraction of sp³-hybridized carbons (Fsp3) is 0.647. The Balaban J connectivity index is 1.68. The minimum absolute atomic E-state index is 0.349. The first kappa shape index (κ1) is 17.2. The maximum Gasteiger partial charge on any atom is 0.434 e. The molecule has 0 N–H and O–H groups in total. The van der Waals surface area contributed by atoms with Gasteiger partial charge >= 0.3 is 6.18 Å². The standard InChI is InChI=1S/C17H22F3N3O/c1-12-4-3-9-23(12)13-6-10-22(11-7-13)16(24)14-5-2-8-21-15(14)17(18,19)20/h2,5,8,12-13H,3-4,6-7,9-11H2,1H3. The molecule has 2 aliphatic rings. The zero-order valence-electron chi connectivity index (χ0n) is 13.7. The van der Waals surface area contributed by atoms with Gasteiger partial charge in [-0.2, -0.15) is 13.2 Å². The molecule has 2 aliphatic heterocycles. The van der Waals surface area contributed by atoms with E-state index < -0.39 is 17.8 Å². The Hall–Kier alpha value is -1.63. The number of piperidine rings is 1. The Kier molecular flexibility index (Phi) is 4.80. The number of alkyl halides is 3. The summed E-state index contributed by atoms with van der Waals surface area (Å²) in [5, 5.41) is 0. The average Bonchev–Trinajstić information content (AvgIpc) is 2.99. The van der Waals surface area contributed by atoms with Crippen LogP contribution in [0.25, 0.3) is 0 Å². The van der Waals surface area contributed by atoms with E-state index in [0.29, 0.717) is 25.2 Å². The van der Waals surface area contributed by atoms with E-state index in [0.717, 1.165) is 25.6 Å². The first-order chi connectivity index (χ1) is 11.4. The number of halogens is 3. The Morgan fingerprint density at radius 2 is 1.92 bits per heavy atom. The van der Waals surface area contributed by atoms with E-state index in [1.807, 2.05) is 0 Å². The van der Waals surface area contributed by atoms with E-state index in [1.54, 1.807) is 0 Å². The average molecular weight is 341 g/mol. The monoisotopic (exact) mass is 341 g/mol. The zero-order valence-corrected chi connectivity index (χ0v) is 13.7. The molecule has 1 atom stereocenters. The molecular formula is C17H22F3N3O. The lowest BCUT2D eigenvalue weighted by atomic mass is 10.0. The lowest BCUT2D eigenvalue weighted by Gasteiger charge is -2.38. The molecule has 1 aromatic rings. The number of pyridine rings is 1. The largest absolute Gasteiger partial charge is 0.434 e. The van der Waals surface area contributed by atoms with Gasteiger partial charge in [0.2, 0.25) is 0 Å². The lowest BCUT2D eigenvalue weighted by molar-refractivity contribution is -0.141. The molecule has 4 nitrogen and oxygen atoms in total. The number of carbonyl (C=O) groups excluding carboxylic acids is 1. The highest BCUT2D eigenvalue weighted by Crippen LogP contribution is 2.31. The third-order valence-corrected chi connectivity index (χ3v) is 5.13. The molecule has 0 aromatic carbocycles. The van der Waals surface area contributed by atoms with Gasteiger partial charge in [0.05, 0.1) is 5.56 Å². The fourth-order valence-corrected chi connectivity index (χ4v) is 3.87. The van der Waals surface area contributed by atoms with Crippen molar-refractivity contribution in [2.75, 3.05) is 19.6 Å². The Morgan fingerprint density at radius 3 is 2.50 bits per heavy atom. The van der Waals surface area contributed by atoms with Crippen molar-refractivity contribution in [3.63, 3.8) is 0 Å². The first-order valence-corrected chi connectivity index (χ1v) is 8.45. The molecular weight excluding hydrogens is 319 g/mol. The minimum Gasteiger partial charge on any atom is -0.338 e. The van der Waals surface area contributed by atoms with Crippen molar-refractivity contribution < 1.29 is 18.0 Å². The van der Waals surface area contributed by atoms with Crippen molar-refractivity contribution in [3.05, 3.63) is 29.6 Å². The smallest absolute Gasteiger partial charge is 0.338 e. The molecule has 2 fully saturated rings. The normalized spacial score (nSPS) is 23.7. The van der Waals surface area contributed by atoms with Crippen LogP contribution in [0.5, 0.6) is 0 Å². The van der Waals surface area contributed by atoms with Crippen LogP contribution in [-0.2, 0) is 6.18 Å². The molecule has 132 valence electrons. The van der Waals surface area contributed by atoms with Crippen LogP contribution in [-0.4, -0.2) is 52.4 Å². The minimum atomic E-state index is -4.62. The van der Waals surface area contributed by atoms with Crippen LogP contribution in [0.1, 0.15) is 48.7 Å². The molecule has 0 radical (unpaired) electrons. The van der Waals surface area contributed by atoms with Gasteiger partial charge in [-0.1, -0.05) is 0 Å². The SMILES string of the molecule is CC1CCCN1C1CCN(C(=O)c2cccnc2C(F)(F)F)CC1. The molecule has 1 unspecified atom stereocenters. The predicted molar refractivity (Wildman–Crippen MR) is 83.6 cm³/mol. The third kappa shape index (κ3) is 3.41. The van der Waals surface area contributed by atoms with Crippen LogP contribution in [0.3, 0.4) is 0 Å². The van der Waals surface area contributed by atoms with Crippen LogP contribution in [0.15, 0.2) is 18.3 Å². The Morgan fingerprint density at radius 1 is 1.21 bits per heavy atom. The fourth-order valence-electron chi connectivity index (χ4n) is 3.87. The summed E-state index contributed by atoms with van der Waals surface area (Å²) in [4.78, 5) is 19.9.